The normalized spacial score (nSPS) is 11.2. The van der Waals surface area contributed by atoms with Gasteiger partial charge in [0, 0.05) is 0 Å². The van der Waals surface area contributed by atoms with Gasteiger partial charge in [-0.25, -0.2) is 0 Å². The van der Waals surface area contributed by atoms with Crippen LogP contribution in [0.1, 0.15) is 439 Å². The fourth-order valence-electron chi connectivity index (χ4n) is 11.3. The van der Waals surface area contributed by atoms with Crippen molar-refractivity contribution < 1.29 is 20.8 Å². The molecule has 0 fully saturated rings. The van der Waals surface area contributed by atoms with Crippen molar-refractivity contribution in [3.05, 3.63) is 10.6 Å². The van der Waals surface area contributed by atoms with Crippen LogP contribution in [0.4, 0.5) is 0 Å². The second-order valence-electron chi connectivity index (χ2n) is 24.6. The Balaban J connectivity index is -0.00000135. The van der Waals surface area contributed by atoms with Gasteiger partial charge in [0.15, 0.2) is 0 Å². The van der Waals surface area contributed by atoms with Crippen LogP contribution in [0.2, 0.25) is 0 Å². The van der Waals surface area contributed by atoms with Gasteiger partial charge in [0.1, 0.15) is 0 Å². The van der Waals surface area contributed by atoms with Crippen molar-refractivity contribution in [3.63, 3.8) is 0 Å². The van der Waals surface area contributed by atoms with Crippen LogP contribution < -0.4 is 0 Å². The first-order valence-corrected chi connectivity index (χ1v) is 42.8. The predicted octanol–water partition coefficient (Wildman–Crippen LogP) is 29.1. The maximum absolute atomic E-state index is 4.93. The fraction of sp³-hybridized carbons (Fsp3) is 1.00. The molecule has 0 saturated heterocycles. The molecular weight excluding hydrogens is 1050 g/mol. The third kappa shape index (κ3) is 91.3. The molecule has 0 bridgehead atoms. The van der Waals surface area contributed by atoms with Crippen LogP contribution in [0.3, 0.4) is 0 Å². The van der Waals surface area contributed by atoms with Gasteiger partial charge in [-0.3, -0.25) is 0 Å². The summed E-state index contributed by atoms with van der Waals surface area (Å²) < 4.78 is 0. The van der Waals surface area contributed by atoms with Crippen LogP contribution in [-0.4, -0.2) is 26.2 Å². The van der Waals surface area contributed by atoms with E-state index in [0.717, 1.165) is 26.2 Å². The van der Waals surface area contributed by atoms with E-state index in [9.17, 15) is 0 Å². The van der Waals surface area contributed by atoms with Crippen molar-refractivity contribution >= 4 is 17.0 Å². The first-order valence-electron chi connectivity index (χ1n) is 36.5. The summed E-state index contributed by atoms with van der Waals surface area (Å²) in [5, 5.41) is 9.56. The van der Waals surface area contributed by atoms with Crippen LogP contribution in [0.15, 0.2) is 0 Å². The Morgan fingerprint density at radius 3 is 0.325 bits per heavy atom. The summed E-state index contributed by atoms with van der Waals surface area (Å²) in [6, 6.07) is 0. The molecular formula is C72H148Cl2N2Zr. The molecule has 0 rings (SSSR count). The SMILES string of the molecule is CCCCCCCCCCCCCCCCCC[N-]CCCCCCCCCCCCCCCCCC.CCCCCCCCCCCCCCCCCC[N-]CCCCCCCCCCCCCCCCCC.[Cl][Zr+2][Cl]. The zero-order valence-corrected chi connectivity index (χ0v) is 58.2. The number of halogens is 2. The molecule has 0 unspecified atom stereocenters. The minimum absolute atomic E-state index is 0.826. The second kappa shape index (κ2) is 86.2. The van der Waals surface area contributed by atoms with E-state index in [1.54, 1.807) is 0 Å². The molecule has 77 heavy (non-hydrogen) atoms. The van der Waals surface area contributed by atoms with Crippen molar-refractivity contribution in [2.45, 2.75) is 439 Å². The van der Waals surface area contributed by atoms with Gasteiger partial charge in [0.25, 0.3) is 0 Å². The van der Waals surface area contributed by atoms with Gasteiger partial charge >= 0.3 is 37.9 Å². The van der Waals surface area contributed by atoms with Crippen molar-refractivity contribution in [3.8, 4) is 0 Å². The van der Waals surface area contributed by atoms with E-state index in [-0.39, 0.29) is 0 Å². The van der Waals surface area contributed by atoms with E-state index >= 15 is 0 Å². The number of hydrogen-bond acceptors (Lipinski definition) is 0. The van der Waals surface area contributed by atoms with E-state index < -0.39 is 20.8 Å². The summed E-state index contributed by atoms with van der Waals surface area (Å²) in [7, 11) is 9.87. The molecule has 0 aromatic carbocycles. The average molecular weight is 1200 g/mol. The van der Waals surface area contributed by atoms with Gasteiger partial charge in [-0.2, -0.15) is 0 Å². The van der Waals surface area contributed by atoms with Crippen LogP contribution in [-0.2, 0) is 20.8 Å². The molecule has 0 aromatic heterocycles. The molecule has 0 saturated carbocycles. The first-order chi connectivity index (χ1) is 38.2. The number of nitrogens with zero attached hydrogens (tertiary/aromatic N) is 2. The van der Waals surface area contributed by atoms with Gasteiger partial charge in [-0.1, -0.05) is 439 Å². The Morgan fingerprint density at radius 1 is 0.156 bits per heavy atom. The Morgan fingerprint density at radius 2 is 0.234 bits per heavy atom. The second-order valence-corrected chi connectivity index (χ2v) is 28.4. The van der Waals surface area contributed by atoms with Gasteiger partial charge in [-0.15, -0.1) is 26.2 Å². The first kappa shape index (κ1) is 82.6. The van der Waals surface area contributed by atoms with Gasteiger partial charge < -0.3 is 10.6 Å². The predicted molar refractivity (Wildman–Crippen MR) is 356 cm³/mol. The molecule has 464 valence electrons. The third-order valence-electron chi connectivity index (χ3n) is 16.7. The van der Waals surface area contributed by atoms with E-state index in [1.807, 2.05) is 0 Å². The minimum atomic E-state index is -0.826. The summed E-state index contributed by atoms with van der Waals surface area (Å²) in [4.78, 5) is 0. The van der Waals surface area contributed by atoms with Crippen LogP contribution >= 0.6 is 17.0 Å². The Labute approximate surface area is 509 Å². The molecule has 2 nitrogen and oxygen atoms in total. The molecule has 0 aliphatic rings. The van der Waals surface area contributed by atoms with Gasteiger partial charge in [0.2, 0.25) is 0 Å². The molecule has 0 aliphatic heterocycles. The quantitative estimate of drug-likeness (QED) is 0.0543. The zero-order valence-electron chi connectivity index (χ0n) is 54.2. The van der Waals surface area contributed by atoms with Crippen molar-refractivity contribution in [1.29, 1.82) is 0 Å². The number of hydrogen-bond donors (Lipinski definition) is 0. The summed E-state index contributed by atoms with van der Waals surface area (Å²) in [6.45, 7) is 13.7. The topological polar surface area (TPSA) is 28.2 Å². The van der Waals surface area contributed by atoms with Crippen LogP contribution in [0.25, 0.3) is 10.6 Å². The molecule has 0 aliphatic carbocycles. The summed E-state index contributed by atoms with van der Waals surface area (Å²) in [5.74, 6) is 0. The molecule has 0 radical (unpaired) electrons. The maximum atomic E-state index is 4.93. The fourth-order valence-corrected chi connectivity index (χ4v) is 11.3. The van der Waals surface area contributed by atoms with Crippen molar-refractivity contribution in [2.24, 2.45) is 0 Å². The summed E-state index contributed by atoms with van der Waals surface area (Å²) in [5.41, 5.74) is 0. The summed E-state index contributed by atoms with van der Waals surface area (Å²) in [6.07, 6.45) is 92.7. The van der Waals surface area contributed by atoms with Gasteiger partial charge in [0.05, 0.1) is 0 Å². The zero-order chi connectivity index (χ0) is 56.2. The van der Waals surface area contributed by atoms with E-state index in [2.05, 4.69) is 27.7 Å². The number of rotatable bonds is 68. The molecule has 0 atom stereocenters. The molecule has 5 heteroatoms. The molecule has 0 spiro atoms. The van der Waals surface area contributed by atoms with Crippen LogP contribution in [0, 0.1) is 0 Å². The number of unbranched alkanes of at least 4 members (excludes halogenated alkanes) is 60. The standard InChI is InChI=1S/2C36H74N.2ClH.Zr/c2*1-3-5-7-9-11-13-15-17-19-21-23-25-27-29-31-33-35-37-36-34-32-30-28-26-24-22-20-18-16-14-12-10-8-6-4-2;;;/h2*3-36H2,1-2H3;2*1H;/q2*-1;;;+4/p-2. The van der Waals surface area contributed by atoms with Crippen LogP contribution in [0.5, 0.6) is 0 Å². The molecule has 0 N–H and O–H groups in total. The third-order valence-corrected chi connectivity index (χ3v) is 16.7. The van der Waals surface area contributed by atoms with Crippen molar-refractivity contribution in [1.82, 2.24) is 0 Å². The molecule has 0 aromatic rings. The molecule has 0 amide bonds. The Kier molecular flexibility index (Phi) is 92.4. The van der Waals surface area contributed by atoms with E-state index in [4.69, 9.17) is 27.7 Å². The Bertz CT molecular complexity index is 770. The molecule has 0 heterocycles. The summed E-state index contributed by atoms with van der Waals surface area (Å²) >= 11 is -0.826. The van der Waals surface area contributed by atoms with E-state index in [1.165, 1.54) is 411 Å². The van der Waals surface area contributed by atoms with E-state index in [0.29, 0.717) is 0 Å². The van der Waals surface area contributed by atoms with Gasteiger partial charge in [-0.05, 0) is 0 Å². The Hall–Kier alpha value is 1.38. The average Bonchev–Trinajstić information content (AvgIpc) is 3.44. The van der Waals surface area contributed by atoms with Crippen molar-refractivity contribution in [2.75, 3.05) is 26.2 Å². The monoisotopic (exact) mass is 1200 g/mol.